The molecule has 4 amide bonds. The molecule has 9 aromatic rings. The molecule has 9 aromatic carbocycles. The van der Waals surface area contributed by atoms with Crippen LogP contribution in [0.15, 0.2) is 259 Å². The van der Waals surface area contributed by atoms with Crippen molar-refractivity contribution in [3.8, 4) is 23.7 Å². The molecule has 0 saturated carbocycles. The molecule has 0 unspecified atom stereocenters. The van der Waals surface area contributed by atoms with Crippen LogP contribution in [-0.2, 0) is 0 Å². The first-order chi connectivity index (χ1) is 47.2. The van der Waals surface area contributed by atoms with Crippen LogP contribution in [0.1, 0.15) is 139 Å². The summed E-state index contributed by atoms with van der Waals surface area (Å²) in [6.07, 6.45) is 24.6. The predicted molar refractivity (Wildman–Crippen MR) is 394 cm³/mol. The van der Waals surface area contributed by atoms with Crippen molar-refractivity contribution >= 4 is 68.9 Å². The number of imide groups is 2. The largest absolute Gasteiger partial charge is 2.00 e. The number of carbonyl (C=O) groups excluding carboxylic acids is 4. The van der Waals surface area contributed by atoms with Crippen LogP contribution in [-0.4, -0.2) is 23.6 Å². The van der Waals surface area contributed by atoms with Gasteiger partial charge in [0.05, 0.1) is 11.4 Å². The van der Waals surface area contributed by atoms with Gasteiger partial charge in [-0.2, -0.15) is 61.1 Å². The van der Waals surface area contributed by atoms with Crippen LogP contribution < -0.4 is 20.4 Å². The summed E-state index contributed by atoms with van der Waals surface area (Å²) in [7, 11) is 0. The van der Waals surface area contributed by atoms with E-state index in [4.69, 9.17) is 0 Å². The number of nitrogens with zero attached hydrogens (tertiary/aromatic N) is 2. The molecule has 0 bridgehead atoms. The van der Waals surface area contributed by atoms with E-state index < -0.39 is 23.6 Å². The van der Waals surface area contributed by atoms with Crippen molar-refractivity contribution in [1.82, 2.24) is 0 Å². The van der Waals surface area contributed by atoms with Gasteiger partial charge in [0.1, 0.15) is 0 Å². The summed E-state index contributed by atoms with van der Waals surface area (Å²) in [5.74, 6) is 11.6. The third kappa shape index (κ3) is 14.9. The molecule has 4 aliphatic carbocycles. The molecule has 0 fully saturated rings. The van der Waals surface area contributed by atoms with E-state index >= 15 is 0 Å². The average Bonchev–Trinajstić information content (AvgIpc) is 1.62. The van der Waals surface area contributed by atoms with Crippen LogP contribution in [0.5, 0.6) is 0 Å². The number of allylic oxidation sites excluding steroid dienone is 16. The number of benzene rings is 9. The Morgan fingerprint density at radius 3 is 1.41 bits per heavy atom. The van der Waals surface area contributed by atoms with E-state index in [1.165, 1.54) is 20.9 Å². The number of anilines is 6. The zero-order chi connectivity index (χ0) is 67.3. The summed E-state index contributed by atoms with van der Waals surface area (Å²) in [5.41, 5.74) is 23.1. The van der Waals surface area contributed by atoms with Gasteiger partial charge in [-0.05, 0) is 198 Å². The summed E-state index contributed by atoms with van der Waals surface area (Å²) in [6.45, 7) is 17.5. The Labute approximate surface area is 628 Å². The Morgan fingerprint density at radius 1 is 0.434 bits per heavy atom. The molecule has 0 radical (unpaired) electrons. The fourth-order valence-electron chi connectivity index (χ4n) is 12.9. The third-order valence-electron chi connectivity index (χ3n) is 18.1. The van der Waals surface area contributed by atoms with Gasteiger partial charge in [0.15, 0.2) is 11.8 Å². The Morgan fingerprint density at radius 2 is 0.909 bits per heavy atom. The van der Waals surface area contributed by atoms with E-state index in [9.17, 15) is 19.2 Å². The minimum atomic E-state index is -0.454. The van der Waals surface area contributed by atoms with Crippen LogP contribution in [0.25, 0.3) is 11.1 Å². The number of aryl methyl sites for hydroxylation is 1. The van der Waals surface area contributed by atoms with Gasteiger partial charge in [-0.25, -0.2) is 0 Å². The SMILES string of the molecule is Cc1cc(Nc2ccccc2)cc(C2=CC=C(C3=CCC=C3)C2)c1N1C(=O)c2[c-]c(C#Cc3c(C)c(C)c(C#Cc4[c-]c5c(cc4)C(=O)N(c4ccc(Nc6ccccc6)cc4C4=C(C6=CCC=C6)CC=C4)C5=O)c(C)c3C)ccc2C1=O.[CH2-]c1ccccc1.[CH2-]c1ccccc1.[U+2].[U+2]. The van der Waals surface area contributed by atoms with E-state index in [2.05, 4.69) is 121 Å². The number of fused-ring (bicyclic) bond motifs is 2. The van der Waals surface area contributed by atoms with Crippen LogP contribution in [0.2, 0.25) is 0 Å². The summed E-state index contributed by atoms with van der Waals surface area (Å²) in [5, 5.41) is 7.01. The van der Waals surface area contributed by atoms with Crippen LogP contribution in [0.4, 0.5) is 34.1 Å². The summed E-state index contributed by atoms with van der Waals surface area (Å²) in [6, 6.07) is 62.7. The zero-order valence-electron chi connectivity index (χ0n) is 55.8. The number of hydrogen-bond acceptors (Lipinski definition) is 6. The smallest absolute Gasteiger partial charge is 0.356 e. The quantitative estimate of drug-likeness (QED) is 0.0804. The first kappa shape index (κ1) is 70.1. The van der Waals surface area contributed by atoms with E-state index in [-0.39, 0.29) is 84.5 Å². The number of para-hydroxylation sites is 2. The second kappa shape index (κ2) is 31.1. The van der Waals surface area contributed by atoms with E-state index in [1.54, 1.807) is 24.3 Å². The second-order valence-electron chi connectivity index (χ2n) is 24.5. The molecule has 0 aromatic heterocycles. The molecule has 2 aliphatic heterocycles. The molecular formula is C89H68N4O4U2. The Bertz CT molecular complexity index is 5080. The Hall–Kier alpha value is -10.3. The van der Waals surface area contributed by atoms with Gasteiger partial charge in [0, 0.05) is 45.0 Å². The van der Waals surface area contributed by atoms with Crippen LogP contribution >= 0.6 is 0 Å². The number of nitrogens with one attached hydrogen (secondary N) is 2. The third-order valence-corrected chi connectivity index (χ3v) is 18.1. The molecule has 15 rings (SSSR count). The fourth-order valence-corrected chi connectivity index (χ4v) is 12.9. The van der Waals surface area contributed by atoms with Gasteiger partial charge in [0.25, 0.3) is 0 Å². The normalized spacial score (nSPS) is 14.2. The molecule has 6 aliphatic rings. The van der Waals surface area contributed by atoms with E-state index in [1.807, 2.05) is 186 Å². The zero-order valence-corrected chi connectivity index (χ0v) is 64.1. The first-order valence-corrected chi connectivity index (χ1v) is 32.4. The Balaban J connectivity index is 0.000000553. The van der Waals surface area contributed by atoms with Crippen molar-refractivity contribution in [3.05, 3.63) is 380 Å². The molecule has 2 heterocycles. The van der Waals surface area contributed by atoms with E-state index in [0.717, 1.165) is 126 Å². The van der Waals surface area contributed by atoms with Crippen molar-refractivity contribution < 1.29 is 81.4 Å². The average molecular weight is 1730 g/mol. The topological polar surface area (TPSA) is 98.8 Å². The van der Waals surface area contributed by atoms with Crippen molar-refractivity contribution in [3.63, 3.8) is 0 Å². The number of carbonyl (C=O) groups is 4. The van der Waals surface area contributed by atoms with Crippen LogP contribution in [0.3, 0.4) is 0 Å². The van der Waals surface area contributed by atoms with Gasteiger partial charge in [0.2, 0.25) is 11.8 Å². The standard InChI is InChI=1S/C75H54N4O4.2C7H7.2U/c1-45-39-59(77-57-23-10-7-11-24-57)44-66(55-32-31-54(42-55)52-17-12-13-18-52)71(45)79-73(81)65-37-30-51(41-69(65)75(79)83)28-35-61-48(4)46(2)60(47(3)49(61)5)34-27-50-29-36-64-68(40-50)74(82)78(72(64)80)70-38-33-58(76-56-21-8-6-9-22-56)43-67(70)63-26-16-25-62(63)53-19-14-15-20-53;2*1-7-5-3-2-4-6-7;;/h6-12,14,16-24,26,29-33,36-39,43-44,76-77H,13,15,25,42H2,1-5H3;2*2-6H,1H2;;/q-2;2*-1;2*+2. The van der Waals surface area contributed by atoms with Crippen molar-refractivity contribution in [2.45, 2.75) is 60.3 Å². The van der Waals surface area contributed by atoms with Gasteiger partial charge in [-0.15, -0.1) is 72.5 Å². The van der Waals surface area contributed by atoms with Crippen LogP contribution in [0, 0.1) is 147 Å². The molecular weight excluding hydrogens is 1670 g/mol. The minimum Gasteiger partial charge on any atom is -0.356 e. The van der Waals surface area contributed by atoms with Gasteiger partial charge < -0.3 is 20.2 Å². The van der Waals surface area contributed by atoms with Gasteiger partial charge in [-0.1, -0.05) is 120 Å². The maximum atomic E-state index is 14.6. The predicted octanol–water partition coefficient (Wildman–Crippen LogP) is 19.7. The fraction of sp³-hybridized carbons (Fsp3) is 0.101. The van der Waals surface area contributed by atoms with Crippen molar-refractivity contribution in [2.75, 3.05) is 20.4 Å². The van der Waals surface area contributed by atoms with Gasteiger partial charge >= 0.3 is 62.2 Å². The summed E-state index contributed by atoms with van der Waals surface area (Å²) in [4.78, 5) is 60.5. The van der Waals surface area contributed by atoms with E-state index in [0.29, 0.717) is 28.9 Å². The monoisotopic (exact) mass is 1730 g/mol. The first-order valence-electron chi connectivity index (χ1n) is 32.4. The molecule has 10 heteroatoms. The molecule has 0 atom stereocenters. The van der Waals surface area contributed by atoms with Gasteiger partial charge in [-0.3, -0.25) is 19.4 Å². The molecule has 0 spiro atoms. The molecule has 99 heavy (non-hydrogen) atoms. The number of amides is 4. The number of rotatable bonds is 10. The number of hydrogen-bond donors (Lipinski definition) is 2. The molecule has 0 saturated heterocycles. The maximum Gasteiger partial charge on any atom is 2.00 e. The summed E-state index contributed by atoms with van der Waals surface area (Å²) < 4.78 is 0. The minimum absolute atomic E-state index is 0. The molecule has 8 nitrogen and oxygen atoms in total. The van der Waals surface area contributed by atoms with Crippen molar-refractivity contribution in [1.29, 1.82) is 0 Å². The Kier molecular flexibility index (Phi) is 22.0. The molecule has 2 N–H and O–H groups in total. The maximum absolute atomic E-state index is 14.6. The summed E-state index contributed by atoms with van der Waals surface area (Å²) >= 11 is 0. The molecule has 476 valence electrons. The van der Waals surface area contributed by atoms with Crippen molar-refractivity contribution in [2.24, 2.45) is 0 Å². The second-order valence-corrected chi connectivity index (χ2v) is 24.5.